The Labute approximate surface area is 223 Å². The van der Waals surface area contributed by atoms with Crippen LogP contribution in [0.3, 0.4) is 0 Å². The first kappa shape index (κ1) is 25.5. The molecule has 0 bridgehead atoms. The van der Waals surface area contributed by atoms with Crippen LogP contribution in [-0.4, -0.2) is 34.3 Å². The number of allylic oxidation sites excluding steroid dienone is 1. The fraction of sp³-hybridized carbons (Fsp3) is 0.179. The van der Waals surface area contributed by atoms with Gasteiger partial charge in [0.25, 0.3) is 5.91 Å². The highest BCUT2D eigenvalue weighted by molar-refractivity contribution is 8.13. The minimum atomic E-state index is -0.875. The molecule has 7 nitrogen and oxygen atoms in total. The predicted octanol–water partition coefficient (Wildman–Crippen LogP) is 6.37. The first-order valence-corrected chi connectivity index (χ1v) is 13.1. The fourth-order valence-electron chi connectivity index (χ4n) is 4.49. The van der Waals surface area contributed by atoms with Crippen molar-refractivity contribution in [2.45, 2.75) is 19.4 Å². The van der Waals surface area contributed by atoms with Gasteiger partial charge in [-0.2, -0.15) is 0 Å². The zero-order valence-corrected chi connectivity index (χ0v) is 21.3. The van der Waals surface area contributed by atoms with Gasteiger partial charge in [-0.15, -0.1) is 0 Å². The van der Waals surface area contributed by atoms with Crippen LogP contribution >= 0.6 is 11.8 Å². The standard InChI is InChI=1S/C28H25F2N5O2S/c1-17-24(26(36)32-20-8-3-2-4-9-20)25(35-13-6-14-38-28(35)31-17)18-7-5-10-21(15-18)33-27(37)34-23-12-11-19(29)16-22(23)30/h2-5,7-12,15-16,25H,6,13-14H2,1H3,(H,32,36)(H2,33,34,37). The number of nitrogens with zero attached hydrogens (tertiary/aromatic N) is 2. The maximum Gasteiger partial charge on any atom is 0.323 e. The number of para-hydroxylation sites is 1. The van der Waals surface area contributed by atoms with Crippen LogP contribution in [0.5, 0.6) is 0 Å². The van der Waals surface area contributed by atoms with Crippen molar-refractivity contribution in [1.82, 2.24) is 4.90 Å². The van der Waals surface area contributed by atoms with Crippen molar-refractivity contribution in [3.05, 3.63) is 101 Å². The normalized spacial score (nSPS) is 16.9. The Morgan fingerprint density at radius 3 is 2.53 bits per heavy atom. The number of urea groups is 1. The number of aliphatic imine (C=N–C) groups is 1. The summed E-state index contributed by atoms with van der Waals surface area (Å²) in [7, 11) is 0. The Kier molecular flexibility index (Phi) is 7.41. The van der Waals surface area contributed by atoms with Gasteiger partial charge < -0.3 is 20.9 Å². The second-order valence-corrected chi connectivity index (χ2v) is 9.90. The third-order valence-electron chi connectivity index (χ3n) is 6.17. The fourth-order valence-corrected chi connectivity index (χ4v) is 5.51. The monoisotopic (exact) mass is 533 g/mol. The second kappa shape index (κ2) is 11.1. The maximum absolute atomic E-state index is 14.0. The number of anilines is 3. The number of carbonyl (C=O) groups excluding carboxylic acids is 2. The van der Waals surface area contributed by atoms with Crippen molar-refractivity contribution >= 4 is 45.9 Å². The third-order valence-corrected chi connectivity index (χ3v) is 7.25. The van der Waals surface area contributed by atoms with Crippen molar-refractivity contribution in [2.75, 3.05) is 28.2 Å². The highest BCUT2D eigenvalue weighted by Crippen LogP contribution is 2.40. The van der Waals surface area contributed by atoms with Gasteiger partial charge >= 0.3 is 6.03 Å². The van der Waals surface area contributed by atoms with Gasteiger partial charge in [0.1, 0.15) is 11.6 Å². The summed E-state index contributed by atoms with van der Waals surface area (Å²) in [6.07, 6.45) is 0.941. The summed E-state index contributed by atoms with van der Waals surface area (Å²) in [5.74, 6) is -0.911. The number of fused-ring (bicyclic) bond motifs is 1. The molecule has 0 spiro atoms. The number of hydrogen-bond acceptors (Lipinski definition) is 5. The zero-order valence-electron chi connectivity index (χ0n) is 20.5. The van der Waals surface area contributed by atoms with E-state index in [-0.39, 0.29) is 11.6 Å². The molecule has 194 valence electrons. The quantitative estimate of drug-likeness (QED) is 0.356. The summed E-state index contributed by atoms with van der Waals surface area (Å²) >= 11 is 1.65. The number of thioether (sulfide) groups is 1. The molecule has 10 heteroatoms. The van der Waals surface area contributed by atoms with Crippen LogP contribution in [0.25, 0.3) is 0 Å². The molecule has 1 unspecified atom stereocenters. The van der Waals surface area contributed by atoms with Crippen molar-refractivity contribution in [3.8, 4) is 0 Å². The molecular weight excluding hydrogens is 508 g/mol. The molecule has 3 aromatic carbocycles. The average molecular weight is 534 g/mol. The number of amides is 3. The number of hydrogen-bond donors (Lipinski definition) is 3. The number of benzene rings is 3. The Morgan fingerprint density at radius 2 is 1.74 bits per heavy atom. The van der Waals surface area contributed by atoms with Gasteiger partial charge in [-0.3, -0.25) is 4.79 Å². The summed E-state index contributed by atoms with van der Waals surface area (Å²) in [6, 6.07) is 18.2. The highest BCUT2D eigenvalue weighted by Gasteiger charge is 2.37. The van der Waals surface area contributed by atoms with E-state index in [1.54, 1.807) is 30.0 Å². The summed E-state index contributed by atoms with van der Waals surface area (Å²) in [4.78, 5) is 33.0. The van der Waals surface area contributed by atoms with E-state index in [2.05, 4.69) is 20.9 Å². The Hall–Kier alpha value is -4.18. The summed E-state index contributed by atoms with van der Waals surface area (Å²) < 4.78 is 27.2. The molecule has 2 aliphatic heterocycles. The van der Waals surface area contributed by atoms with Gasteiger partial charge in [-0.25, -0.2) is 18.6 Å². The number of halogens is 2. The van der Waals surface area contributed by atoms with E-state index in [0.29, 0.717) is 28.7 Å². The van der Waals surface area contributed by atoms with Gasteiger partial charge in [-0.05, 0) is 55.3 Å². The lowest BCUT2D eigenvalue weighted by atomic mass is 9.93. The minimum Gasteiger partial charge on any atom is -0.340 e. The molecule has 2 aliphatic rings. The van der Waals surface area contributed by atoms with E-state index in [1.807, 2.05) is 43.3 Å². The number of rotatable bonds is 5. The molecule has 1 saturated heterocycles. The molecule has 5 rings (SSSR count). The average Bonchev–Trinajstić information content (AvgIpc) is 2.90. The molecule has 0 radical (unpaired) electrons. The van der Waals surface area contributed by atoms with E-state index >= 15 is 0 Å². The number of carbonyl (C=O) groups is 2. The van der Waals surface area contributed by atoms with Gasteiger partial charge in [0, 0.05) is 29.7 Å². The molecule has 3 amide bonds. The smallest absolute Gasteiger partial charge is 0.323 e. The maximum atomic E-state index is 14.0. The van der Waals surface area contributed by atoms with Crippen LogP contribution in [0, 0.1) is 11.6 Å². The second-order valence-electron chi connectivity index (χ2n) is 8.84. The van der Waals surface area contributed by atoms with Crippen LogP contribution in [-0.2, 0) is 4.79 Å². The lowest BCUT2D eigenvalue weighted by molar-refractivity contribution is -0.113. The van der Waals surface area contributed by atoms with Crippen molar-refractivity contribution < 1.29 is 18.4 Å². The van der Waals surface area contributed by atoms with Crippen LogP contribution in [0.2, 0.25) is 0 Å². The molecule has 0 saturated carbocycles. The summed E-state index contributed by atoms with van der Waals surface area (Å²) in [6.45, 7) is 2.56. The Balaban J connectivity index is 1.43. The van der Waals surface area contributed by atoms with Crippen LogP contribution in [0.4, 0.5) is 30.6 Å². The van der Waals surface area contributed by atoms with Crippen molar-refractivity contribution in [1.29, 1.82) is 0 Å². The molecule has 2 heterocycles. The molecule has 0 aliphatic carbocycles. The number of nitrogens with one attached hydrogen (secondary N) is 3. The zero-order chi connectivity index (χ0) is 26.6. The lowest BCUT2D eigenvalue weighted by Crippen LogP contribution is -2.43. The molecular formula is C28H25F2N5O2S. The predicted molar refractivity (Wildman–Crippen MR) is 147 cm³/mol. The molecule has 3 aromatic rings. The van der Waals surface area contributed by atoms with Gasteiger partial charge in [0.2, 0.25) is 0 Å². The van der Waals surface area contributed by atoms with Crippen molar-refractivity contribution in [3.63, 3.8) is 0 Å². The third kappa shape index (κ3) is 5.55. The van der Waals surface area contributed by atoms with Crippen LogP contribution in [0.15, 0.2) is 89.1 Å². The minimum absolute atomic E-state index is 0.142. The molecule has 1 atom stereocenters. The largest absolute Gasteiger partial charge is 0.340 e. The van der Waals surface area contributed by atoms with E-state index in [9.17, 15) is 18.4 Å². The topological polar surface area (TPSA) is 85.8 Å². The van der Waals surface area contributed by atoms with Gasteiger partial charge in [0.05, 0.1) is 23.0 Å². The molecule has 0 aromatic heterocycles. The van der Waals surface area contributed by atoms with Crippen LogP contribution in [0.1, 0.15) is 24.9 Å². The highest BCUT2D eigenvalue weighted by atomic mass is 32.2. The van der Waals surface area contributed by atoms with Crippen molar-refractivity contribution in [2.24, 2.45) is 4.99 Å². The van der Waals surface area contributed by atoms with Gasteiger partial charge in [0.15, 0.2) is 5.17 Å². The van der Waals surface area contributed by atoms with Gasteiger partial charge in [-0.1, -0.05) is 42.1 Å². The van der Waals surface area contributed by atoms with E-state index in [1.165, 1.54) is 0 Å². The van der Waals surface area contributed by atoms with Crippen LogP contribution < -0.4 is 16.0 Å². The van der Waals surface area contributed by atoms with E-state index in [0.717, 1.165) is 41.6 Å². The Bertz CT molecular complexity index is 1440. The summed E-state index contributed by atoms with van der Waals surface area (Å²) in [5, 5.41) is 8.93. The van der Waals surface area contributed by atoms with E-state index < -0.39 is 23.7 Å². The molecule has 3 N–H and O–H groups in total. The molecule has 1 fully saturated rings. The SMILES string of the molecule is CC1=C(C(=O)Nc2ccccc2)C(c2cccc(NC(=O)Nc3ccc(F)cc3F)c2)N2CCCSC2=N1. The first-order chi connectivity index (χ1) is 18.4. The summed E-state index contributed by atoms with van der Waals surface area (Å²) in [5.41, 5.74) is 2.94. The molecule has 38 heavy (non-hydrogen) atoms. The first-order valence-electron chi connectivity index (χ1n) is 12.1. The number of amidine groups is 1. The lowest BCUT2D eigenvalue weighted by Gasteiger charge is -2.41. The van der Waals surface area contributed by atoms with E-state index in [4.69, 9.17) is 4.99 Å². The Morgan fingerprint density at radius 1 is 0.947 bits per heavy atom.